The highest BCUT2D eigenvalue weighted by molar-refractivity contribution is 7.07. The number of thiazole rings is 1. The van der Waals surface area contributed by atoms with Gasteiger partial charge < -0.3 is 5.11 Å². The molecule has 7 heteroatoms. The summed E-state index contributed by atoms with van der Waals surface area (Å²) in [6.45, 7) is 6.18. The lowest BCUT2D eigenvalue weighted by Gasteiger charge is -2.06. The van der Waals surface area contributed by atoms with Crippen LogP contribution < -0.4 is 4.87 Å². The van der Waals surface area contributed by atoms with Crippen LogP contribution in [0.4, 0.5) is 0 Å². The van der Waals surface area contributed by atoms with E-state index in [2.05, 4.69) is 5.10 Å². The normalized spacial score (nSPS) is 10.9. The number of carboxylic acids is 1. The van der Waals surface area contributed by atoms with Gasteiger partial charge in [-0.25, -0.2) is 0 Å². The quantitative estimate of drug-likeness (QED) is 0.921. The summed E-state index contributed by atoms with van der Waals surface area (Å²) in [5.41, 5.74) is 3.22. The van der Waals surface area contributed by atoms with Gasteiger partial charge in [0.05, 0.1) is 11.4 Å². The topological polar surface area (TPSA) is 77.1 Å². The van der Waals surface area contributed by atoms with Gasteiger partial charge >= 0.3 is 10.8 Å². The minimum atomic E-state index is -1.03. The molecule has 0 bridgehead atoms. The van der Waals surface area contributed by atoms with Crippen LogP contribution in [0, 0.1) is 13.8 Å². The first-order valence-electron chi connectivity index (χ1n) is 5.90. The summed E-state index contributed by atoms with van der Waals surface area (Å²) < 4.78 is 3.13. The van der Waals surface area contributed by atoms with Gasteiger partial charge in [-0.05, 0) is 20.8 Å². The molecule has 0 radical (unpaired) electrons. The Hall–Kier alpha value is -1.89. The second kappa shape index (κ2) is 5.00. The number of carbonyl (C=O) groups is 1. The lowest BCUT2D eigenvalue weighted by molar-refractivity contribution is -0.137. The molecule has 0 aliphatic carbocycles. The van der Waals surface area contributed by atoms with Crippen LogP contribution in [0.5, 0.6) is 0 Å². The van der Waals surface area contributed by atoms with Crippen molar-refractivity contribution in [2.24, 2.45) is 0 Å². The highest BCUT2D eigenvalue weighted by Crippen LogP contribution is 2.27. The predicted molar refractivity (Wildman–Crippen MR) is 72.6 cm³/mol. The van der Waals surface area contributed by atoms with Crippen molar-refractivity contribution in [1.82, 2.24) is 14.3 Å². The fraction of sp³-hybridized carbons (Fsp3) is 0.417. The molecule has 2 rings (SSSR count). The Morgan fingerprint density at radius 3 is 2.68 bits per heavy atom. The molecule has 0 aromatic carbocycles. The van der Waals surface area contributed by atoms with Crippen molar-refractivity contribution >= 4 is 17.3 Å². The molecule has 0 aliphatic heterocycles. The molecule has 19 heavy (non-hydrogen) atoms. The van der Waals surface area contributed by atoms with E-state index < -0.39 is 5.97 Å². The second-order valence-corrected chi connectivity index (χ2v) is 5.05. The zero-order valence-corrected chi connectivity index (χ0v) is 11.8. The fourth-order valence-electron chi connectivity index (χ4n) is 2.19. The molecule has 1 N–H and O–H groups in total. The predicted octanol–water partition coefficient (Wildman–Crippen LogP) is 1.49. The monoisotopic (exact) mass is 281 g/mol. The summed E-state index contributed by atoms with van der Waals surface area (Å²) >= 11 is 1.01. The van der Waals surface area contributed by atoms with E-state index >= 15 is 0 Å². The SMILES string of the molecule is CCn1nc(C)c(-c2csc(=O)n2CC(=O)O)c1C. The van der Waals surface area contributed by atoms with E-state index in [9.17, 15) is 9.59 Å². The number of nitrogens with zero attached hydrogens (tertiary/aromatic N) is 3. The van der Waals surface area contributed by atoms with Gasteiger partial charge in [-0.3, -0.25) is 18.8 Å². The van der Waals surface area contributed by atoms with Gasteiger partial charge in [0.25, 0.3) is 0 Å². The van der Waals surface area contributed by atoms with Crippen molar-refractivity contribution in [3.63, 3.8) is 0 Å². The summed E-state index contributed by atoms with van der Waals surface area (Å²) in [6, 6.07) is 0. The largest absolute Gasteiger partial charge is 0.480 e. The Morgan fingerprint density at radius 2 is 2.16 bits per heavy atom. The standard InChI is InChI=1S/C12H15N3O3S/c1-4-15-8(3)11(7(2)13-15)9-6-19-12(18)14(9)5-10(16)17/h6H,4-5H2,1-3H3,(H,16,17). The van der Waals surface area contributed by atoms with Gasteiger partial charge in [-0.15, -0.1) is 0 Å². The molecule has 0 saturated carbocycles. The zero-order chi connectivity index (χ0) is 14.2. The Kier molecular flexibility index (Phi) is 3.57. The molecule has 0 atom stereocenters. The van der Waals surface area contributed by atoms with Crippen molar-refractivity contribution in [3.8, 4) is 11.3 Å². The van der Waals surface area contributed by atoms with Crippen LogP contribution >= 0.6 is 11.3 Å². The number of aromatic nitrogens is 3. The molecule has 102 valence electrons. The molecule has 0 unspecified atom stereocenters. The van der Waals surface area contributed by atoms with Crippen molar-refractivity contribution in [1.29, 1.82) is 0 Å². The first kappa shape index (κ1) is 13.5. The van der Waals surface area contributed by atoms with E-state index in [1.54, 1.807) is 5.38 Å². The van der Waals surface area contributed by atoms with Crippen molar-refractivity contribution in [3.05, 3.63) is 26.4 Å². The molecule has 0 aliphatic rings. The number of aryl methyl sites for hydroxylation is 2. The molecule has 0 amide bonds. The van der Waals surface area contributed by atoms with E-state index in [0.29, 0.717) is 5.69 Å². The van der Waals surface area contributed by atoms with Crippen molar-refractivity contribution in [2.45, 2.75) is 33.9 Å². The lowest BCUT2D eigenvalue weighted by atomic mass is 10.1. The summed E-state index contributed by atoms with van der Waals surface area (Å²) in [6.07, 6.45) is 0. The summed E-state index contributed by atoms with van der Waals surface area (Å²) in [4.78, 5) is 22.3. The maximum atomic E-state index is 11.7. The second-order valence-electron chi connectivity index (χ2n) is 4.23. The van der Waals surface area contributed by atoms with Crippen LogP contribution in [-0.2, 0) is 17.9 Å². The Bertz CT molecular complexity index is 681. The highest BCUT2D eigenvalue weighted by atomic mass is 32.1. The fourth-order valence-corrected chi connectivity index (χ4v) is 2.93. The number of hydrogen-bond donors (Lipinski definition) is 1. The molecule has 2 aromatic rings. The Balaban J connectivity index is 2.63. The van der Waals surface area contributed by atoms with Gasteiger partial charge in [0.2, 0.25) is 0 Å². The average Bonchev–Trinajstić information content (AvgIpc) is 2.81. The van der Waals surface area contributed by atoms with E-state index in [4.69, 9.17) is 5.11 Å². The minimum absolute atomic E-state index is 0.263. The molecule has 0 fully saturated rings. The van der Waals surface area contributed by atoms with Crippen LogP contribution in [0.2, 0.25) is 0 Å². The minimum Gasteiger partial charge on any atom is -0.480 e. The molecule has 0 spiro atoms. The molecule has 0 saturated heterocycles. The van der Waals surface area contributed by atoms with Gasteiger partial charge in [0.15, 0.2) is 0 Å². The number of carboxylic acid groups (broad SMARTS) is 1. The zero-order valence-electron chi connectivity index (χ0n) is 11.0. The van der Waals surface area contributed by atoms with Crippen LogP contribution in [0.1, 0.15) is 18.3 Å². The smallest absolute Gasteiger partial charge is 0.323 e. The van der Waals surface area contributed by atoms with E-state index in [-0.39, 0.29) is 11.4 Å². The van der Waals surface area contributed by atoms with Crippen LogP contribution in [0.3, 0.4) is 0 Å². The third kappa shape index (κ3) is 2.33. The van der Waals surface area contributed by atoms with Gasteiger partial charge in [0, 0.05) is 23.2 Å². The third-order valence-corrected chi connectivity index (χ3v) is 3.78. The lowest BCUT2D eigenvalue weighted by Crippen LogP contribution is -2.20. The van der Waals surface area contributed by atoms with Crippen LogP contribution in [-0.4, -0.2) is 25.4 Å². The Labute approximate surface area is 113 Å². The molecular formula is C12H15N3O3S. The van der Waals surface area contributed by atoms with E-state index in [1.165, 1.54) is 4.57 Å². The maximum absolute atomic E-state index is 11.7. The van der Waals surface area contributed by atoms with Crippen molar-refractivity contribution in [2.75, 3.05) is 0 Å². The third-order valence-electron chi connectivity index (χ3n) is 3.01. The summed E-state index contributed by atoms with van der Waals surface area (Å²) in [5, 5.41) is 15.0. The summed E-state index contributed by atoms with van der Waals surface area (Å²) in [7, 11) is 0. The Morgan fingerprint density at radius 1 is 1.47 bits per heavy atom. The van der Waals surface area contributed by atoms with E-state index in [0.717, 1.165) is 34.8 Å². The van der Waals surface area contributed by atoms with Crippen molar-refractivity contribution < 1.29 is 9.90 Å². The molecule has 2 aromatic heterocycles. The van der Waals surface area contributed by atoms with Crippen LogP contribution in [0.25, 0.3) is 11.3 Å². The van der Waals surface area contributed by atoms with Gasteiger partial charge in [-0.2, -0.15) is 5.10 Å². The number of hydrogen-bond acceptors (Lipinski definition) is 4. The highest BCUT2D eigenvalue weighted by Gasteiger charge is 2.19. The van der Waals surface area contributed by atoms with E-state index in [1.807, 2.05) is 25.5 Å². The first-order valence-corrected chi connectivity index (χ1v) is 6.78. The average molecular weight is 281 g/mol. The van der Waals surface area contributed by atoms with Gasteiger partial charge in [-0.1, -0.05) is 11.3 Å². The molecular weight excluding hydrogens is 266 g/mol. The first-order chi connectivity index (χ1) is 8.95. The molecule has 2 heterocycles. The molecule has 6 nitrogen and oxygen atoms in total. The number of aliphatic carboxylic acids is 1. The number of rotatable bonds is 4. The van der Waals surface area contributed by atoms with Gasteiger partial charge in [0.1, 0.15) is 6.54 Å². The summed E-state index contributed by atoms with van der Waals surface area (Å²) in [5.74, 6) is -1.03. The van der Waals surface area contributed by atoms with Crippen LogP contribution in [0.15, 0.2) is 10.2 Å². The maximum Gasteiger partial charge on any atom is 0.323 e.